The van der Waals surface area contributed by atoms with Crippen LogP contribution in [0.15, 0.2) is 23.2 Å². The van der Waals surface area contributed by atoms with E-state index in [1.807, 2.05) is 4.90 Å². The van der Waals surface area contributed by atoms with Crippen molar-refractivity contribution < 1.29 is 18.3 Å². The van der Waals surface area contributed by atoms with Crippen molar-refractivity contribution in [3.05, 3.63) is 29.8 Å². The molecule has 6 nitrogen and oxygen atoms in total. The average Bonchev–Trinajstić information content (AvgIpc) is 3.23. The molecule has 0 spiro atoms. The van der Waals surface area contributed by atoms with E-state index >= 15 is 0 Å². The van der Waals surface area contributed by atoms with E-state index in [0.717, 1.165) is 44.4 Å². The van der Waals surface area contributed by atoms with E-state index in [2.05, 4.69) is 15.2 Å². The maximum Gasteiger partial charge on any atom is 0.193 e. The Labute approximate surface area is 165 Å². The van der Waals surface area contributed by atoms with E-state index in [-0.39, 0.29) is 11.9 Å². The lowest BCUT2D eigenvalue weighted by Gasteiger charge is -2.37. The molecule has 0 aromatic heterocycles. The first-order valence-electron chi connectivity index (χ1n) is 10.0. The lowest BCUT2D eigenvalue weighted by molar-refractivity contribution is 0.0168. The Bertz CT molecular complexity index is 645. The Morgan fingerprint density at radius 3 is 2.82 bits per heavy atom. The second kappa shape index (κ2) is 10.6. The third kappa shape index (κ3) is 5.78. The molecule has 8 heteroatoms. The number of piperazine rings is 1. The lowest BCUT2D eigenvalue weighted by atomic mass is 10.2. The second-order valence-electron chi connectivity index (χ2n) is 7.11. The van der Waals surface area contributed by atoms with Crippen molar-refractivity contribution in [3.8, 4) is 0 Å². The van der Waals surface area contributed by atoms with Gasteiger partial charge in [-0.2, -0.15) is 0 Å². The van der Waals surface area contributed by atoms with Gasteiger partial charge in [0.15, 0.2) is 5.96 Å². The van der Waals surface area contributed by atoms with Crippen LogP contribution in [0.3, 0.4) is 0 Å². The maximum atomic E-state index is 14.0. The minimum Gasteiger partial charge on any atom is -0.379 e. The first kappa shape index (κ1) is 20.8. The van der Waals surface area contributed by atoms with Gasteiger partial charge in [0.25, 0.3) is 0 Å². The molecule has 0 radical (unpaired) electrons. The van der Waals surface area contributed by atoms with Crippen molar-refractivity contribution >= 4 is 11.6 Å². The fourth-order valence-corrected chi connectivity index (χ4v) is 3.58. The summed E-state index contributed by atoms with van der Waals surface area (Å²) in [6.45, 7) is 5.62. The zero-order valence-corrected chi connectivity index (χ0v) is 16.5. The molecule has 156 valence electrons. The van der Waals surface area contributed by atoms with Gasteiger partial charge in [0.05, 0.1) is 18.4 Å². The lowest BCUT2D eigenvalue weighted by Crippen LogP contribution is -2.52. The van der Waals surface area contributed by atoms with Gasteiger partial charge >= 0.3 is 0 Å². The number of halogens is 2. The molecule has 2 heterocycles. The molecule has 28 heavy (non-hydrogen) atoms. The Morgan fingerprint density at radius 1 is 1.29 bits per heavy atom. The highest BCUT2D eigenvalue weighted by Crippen LogP contribution is 2.21. The monoisotopic (exact) mass is 396 g/mol. The number of guanidine groups is 1. The summed E-state index contributed by atoms with van der Waals surface area (Å²) < 4.78 is 38.6. The van der Waals surface area contributed by atoms with Crippen LogP contribution in [-0.4, -0.2) is 76.6 Å². The van der Waals surface area contributed by atoms with E-state index < -0.39 is 5.82 Å². The molecule has 1 aromatic rings. The molecule has 1 N–H and O–H groups in total. The summed E-state index contributed by atoms with van der Waals surface area (Å²) in [6.07, 6.45) is 3.38. The molecular weight excluding hydrogens is 366 g/mol. The molecule has 0 bridgehead atoms. The van der Waals surface area contributed by atoms with Crippen molar-refractivity contribution in [1.29, 1.82) is 0 Å². The van der Waals surface area contributed by atoms with Crippen molar-refractivity contribution in [2.24, 2.45) is 4.99 Å². The molecule has 2 saturated heterocycles. The Morgan fingerprint density at radius 2 is 2.11 bits per heavy atom. The number of aliphatic imine (C=N–C) groups is 1. The fraction of sp³-hybridized carbons (Fsp3) is 0.650. The first-order chi connectivity index (χ1) is 13.7. The average molecular weight is 396 g/mol. The standard InChI is InChI=1S/C20H30F2N4O2/c1-23-20(24-7-3-12-27-15-17-4-2-13-28-17)26-10-8-25(9-11-26)19-14-16(21)5-6-18(19)22/h5-6,14,17H,2-4,7-13,15H2,1H3,(H,23,24). The molecule has 1 atom stereocenters. The van der Waals surface area contributed by atoms with Crippen LogP contribution in [0.4, 0.5) is 14.5 Å². The maximum absolute atomic E-state index is 14.0. The molecular formula is C20H30F2N4O2. The number of nitrogens with zero attached hydrogens (tertiary/aromatic N) is 3. The highest BCUT2D eigenvalue weighted by Gasteiger charge is 2.22. The SMILES string of the molecule is CN=C(NCCCOCC1CCCO1)N1CCN(c2cc(F)ccc2F)CC1. The van der Waals surface area contributed by atoms with Crippen molar-refractivity contribution in [3.63, 3.8) is 0 Å². The molecule has 2 aliphatic heterocycles. The van der Waals surface area contributed by atoms with Gasteiger partial charge < -0.3 is 24.6 Å². The van der Waals surface area contributed by atoms with Crippen molar-refractivity contribution in [1.82, 2.24) is 10.2 Å². The molecule has 0 aliphatic carbocycles. The highest BCUT2D eigenvalue weighted by atomic mass is 19.1. The van der Waals surface area contributed by atoms with Crippen LogP contribution in [-0.2, 0) is 9.47 Å². The largest absolute Gasteiger partial charge is 0.379 e. The van der Waals surface area contributed by atoms with Gasteiger partial charge in [-0.25, -0.2) is 8.78 Å². The Kier molecular flexibility index (Phi) is 7.85. The second-order valence-corrected chi connectivity index (χ2v) is 7.11. The number of anilines is 1. The van der Waals surface area contributed by atoms with Gasteiger partial charge in [0.1, 0.15) is 11.6 Å². The van der Waals surface area contributed by atoms with E-state index in [9.17, 15) is 8.78 Å². The van der Waals surface area contributed by atoms with E-state index in [1.165, 1.54) is 12.1 Å². The molecule has 2 aliphatic rings. The third-order valence-corrected chi connectivity index (χ3v) is 5.12. The molecule has 1 unspecified atom stereocenters. The van der Waals surface area contributed by atoms with Gasteiger partial charge in [-0.1, -0.05) is 0 Å². The Balaban J connectivity index is 1.36. The van der Waals surface area contributed by atoms with Crippen LogP contribution < -0.4 is 10.2 Å². The topological polar surface area (TPSA) is 49.3 Å². The van der Waals surface area contributed by atoms with Gasteiger partial charge in [-0.3, -0.25) is 4.99 Å². The molecule has 1 aromatic carbocycles. The summed E-state index contributed by atoms with van der Waals surface area (Å²) in [6, 6.07) is 3.58. The predicted octanol–water partition coefficient (Wildman–Crippen LogP) is 2.25. The van der Waals surface area contributed by atoms with Crippen LogP contribution in [0.5, 0.6) is 0 Å². The molecule has 0 saturated carbocycles. The van der Waals surface area contributed by atoms with E-state index in [4.69, 9.17) is 9.47 Å². The fourth-order valence-electron chi connectivity index (χ4n) is 3.58. The zero-order chi connectivity index (χ0) is 19.8. The number of nitrogens with one attached hydrogen (secondary N) is 1. The van der Waals surface area contributed by atoms with Gasteiger partial charge in [0.2, 0.25) is 0 Å². The van der Waals surface area contributed by atoms with E-state index in [1.54, 1.807) is 7.05 Å². The summed E-state index contributed by atoms with van der Waals surface area (Å²) >= 11 is 0. The summed E-state index contributed by atoms with van der Waals surface area (Å²) in [5.41, 5.74) is 0.325. The number of hydrogen-bond acceptors (Lipinski definition) is 4. The quantitative estimate of drug-likeness (QED) is 0.435. The molecule has 0 amide bonds. The minimum absolute atomic E-state index is 0.264. The van der Waals surface area contributed by atoms with Crippen molar-refractivity contribution in [2.45, 2.75) is 25.4 Å². The van der Waals surface area contributed by atoms with Crippen LogP contribution in [0.2, 0.25) is 0 Å². The Hall–Kier alpha value is -1.93. The van der Waals surface area contributed by atoms with Gasteiger partial charge in [-0.05, 0) is 31.4 Å². The van der Waals surface area contributed by atoms with Crippen LogP contribution >= 0.6 is 0 Å². The third-order valence-electron chi connectivity index (χ3n) is 5.12. The normalized spacial score (nSPS) is 20.7. The smallest absolute Gasteiger partial charge is 0.193 e. The van der Waals surface area contributed by atoms with Gasteiger partial charge in [-0.15, -0.1) is 0 Å². The number of rotatable bonds is 7. The van der Waals surface area contributed by atoms with Crippen LogP contribution in [0, 0.1) is 11.6 Å². The number of hydrogen-bond donors (Lipinski definition) is 1. The minimum atomic E-state index is -0.419. The van der Waals surface area contributed by atoms with Crippen LogP contribution in [0.25, 0.3) is 0 Å². The summed E-state index contributed by atoms with van der Waals surface area (Å²) in [7, 11) is 1.76. The molecule has 2 fully saturated rings. The van der Waals surface area contributed by atoms with Crippen LogP contribution in [0.1, 0.15) is 19.3 Å². The first-order valence-corrected chi connectivity index (χ1v) is 10.0. The summed E-state index contributed by atoms with van der Waals surface area (Å²) in [5.74, 6) is 0.0249. The number of ether oxygens (including phenoxy) is 2. The highest BCUT2D eigenvalue weighted by molar-refractivity contribution is 5.80. The summed E-state index contributed by atoms with van der Waals surface area (Å²) in [4.78, 5) is 8.36. The summed E-state index contributed by atoms with van der Waals surface area (Å²) in [5, 5.41) is 3.35. The number of benzene rings is 1. The van der Waals surface area contributed by atoms with Crippen molar-refractivity contribution in [2.75, 3.05) is 64.5 Å². The van der Waals surface area contributed by atoms with E-state index in [0.29, 0.717) is 45.1 Å². The van der Waals surface area contributed by atoms with Gasteiger partial charge in [0, 0.05) is 59.1 Å². The predicted molar refractivity (Wildman–Crippen MR) is 106 cm³/mol. The zero-order valence-electron chi connectivity index (χ0n) is 16.5. The molecule has 3 rings (SSSR count).